The summed E-state index contributed by atoms with van der Waals surface area (Å²) in [5.74, 6) is -0.239. The third-order valence-electron chi connectivity index (χ3n) is 7.85. The summed E-state index contributed by atoms with van der Waals surface area (Å²) in [6.07, 6.45) is 0. The van der Waals surface area contributed by atoms with Crippen LogP contribution in [0.4, 0.5) is 5.69 Å². The molecule has 0 atom stereocenters. The van der Waals surface area contributed by atoms with E-state index >= 15 is 0 Å². The number of fused-ring (bicyclic) bond motifs is 3. The molecule has 0 saturated carbocycles. The Bertz CT molecular complexity index is 2110. The Morgan fingerprint density at radius 1 is 0.636 bits per heavy atom. The minimum atomic E-state index is -0.376. The molecular weight excluding hydrogens is 544 g/mol. The molecule has 5 aromatic carbocycles. The highest BCUT2D eigenvalue weighted by Gasteiger charge is 2.28. The summed E-state index contributed by atoms with van der Waals surface area (Å²) in [6, 6.07) is 43.0. The molecule has 0 fully saturated rings. The molecule has 0 N–H and O–H groups in total. The SMILES string of the molecule is CC(=O)N(C(=O)c1c(C)ccc2c1c1ccccc1n2-c1nc(-c2ccccc2)cc(-c2ccccc2)n1)c1ccccc1. The summed E-state index contributed by atoms with van der Waals surface area (Å²) in [5.41, 5.74) is 6.93. The number of aryl methyl sites for hydroxylation is 1. The first-order chi connectivity index (χ1) is 21.5. The first-order valence-corrected chi connectivity index (χ1v) is 14.4. The third kappa shape index (κ3) is 4.63. The lowest BCUT2D eigenvalue weighted by atomic mass is 9.99. The van der Waals surface area contributed by atoms with E-state index in [0.29, 0.717) is 17.2 Å². The van der Waals surface area contributed by atoms with E-state index in [1.165, 1.54) is 11.8 Å². The maximum atomic E-state index is 14.4. The number of hydrogen-bond donors (Lipinski definition) is 0. The van der Waals surface area contributed by atoms with Crippen molar-refractivity contribution in [3.63, 3.8) is 0 Å². The van der Waals surface area contributed by atoms with Crippen LogP contribution in [-0.2, 0) is 4.79 Å². The summed E-state index contributed by atoms with van der Waals surface area (Å²) in [6.45, 7) is 3.32. The Hall–Kier alpha value is -5.88. The average Bonchev–Trinajstić information content (AvgIpc) is 3.40. The maximum absolute atomic E-state index is 14.4. The molecule has 0 aliphatic carbocycles. The Balaban J connectivity index is 1.52. The zero-order valence-electron chi connectivity index (χ0n) is 24.3. The fourth-order valence-corrected chi connectivity index (χ4v) is 5.83. The number of anilines is 1. The van der Waals surface area contributed by atoms with Gasteiger partial charge in [-0.05, 0) is 42.8 Å². The second-order valence-electron chi connectivity index (χ2n) is 10.7. The van der Waals surface area contributed by atoms with Crippen molar-refractivity contribution in [2.24, 2.45) is 0 Å². The molecule has 0 bridgehead atoms. The van der Waals surface area contributed by atoms with Crippen molar-refractivity contribution < 1.29 is 9.59 Å². The van der Waals surface area contributed by atoms with E-state index in [4.69, 9.17) is 9.97 Å². The fraction of sp³-hybridized carbons (Fsp3) is 0.0526. The van der Waals surface area contributed by atoms with Gasteiger partial charge in [0.15, 0.2) is 0 Å². The molecule has 0 saturated heterocycles. The molecule has 2 aromatic heterocycles. The maximum Gasteiger partial charge on any atom is 0.266 e. The van der Waals surface area contributed by atoms with Crippen LogP contribution in [0.3, 0.4) is 0 Å². The molecule has 2 amide bonds. The average molecular weight is 573 g/mol. The van der Waals surface area contributed by atoms with Gasteiger partial charge in [-0.15, -0.1) is 0 Å². The zero-order chi connectivity index (χ0) is 30.2. The normalized spacial score (nSPS) is 11.1. The van der Waals surface area contributed by atoms with E-state index < -0.39 is 0 Å². The number of para-hydroxylation sites is 2. The Labute approximate surface area is 254 Å². The van der Waals surface area contributed by atoms with Crippen LogP contribution >= 0.6 is 0 Å². The summed E-state index contributed by atoms with van der Waals surface area (Å²) < 4.78 is 2.01. The molecule has 44 heavy (non-hydrogen) atoms. The number of nitrogens with zero attached hydrogens (tertiary/aromatic N) is 4. The van der Waals surface area contributed by atoms with Crippen molar-refractivity contribution in [1.82, 2.24) is 14.5 Å². The number of hydrogen-bond acceptors (Lipinski definition) is 4. The van der Waals surface area contributed by atoms with Gasteiger partial charge in [0.1, 0.15) is 0 Å². The zero-order valence-corrected chi connectivity index (χ0v) is 24.3. The molecule has 0 aliphatic heterocycles. The van der Waals surface area contributed by atoms with E-state index in [1.54, 1.807) is 12.1 Å². The minimum absolute atomic E-state index is 0.354. The van der Waals surface area contributed by atoms with Crippen LogP contribution in [0.15, 0.2) is 133 Å². The summed E-state index contributed by atoms with van der Waals surface area (Å²) in [4.78, 5) is 38.7. The summed E-state index contributed by atoms with van der Waals surface area (Å²) in [5, 5.41) is 1.63. The van der Waals surface area contributed by atoms with Crippen molar-refractivity contribution in [3.05, 3.63) is 145 Å². The quantitative estimate of drug-likeness (QED) is 0.208. The lowest BCUT2D eigenvalue weighted by Crippen LogP contribution is -2.35. The number of aromatic nitrogens is 3. The van der Waals surface area contributed by atoms with Crippen LogP contribution in [0.1, 0.15) is 22.8 Å². The van der Waals surface area contributed by atoms with Gasteiger partial charge in [0, 0.05) is 28.8 Å². The van der Waals surface area contributed by atoms with E-state index in [-0.39, 0.29) is 11.8 Å². The molecule has 0 radical (unpaired) electrons. The third-order valence-corrected chi connectivity index (χ3v) is 7.85. The Kier molecular flexibility index (Phi) is 6.79. The first kappa shape index (κ1) is 27.0. The number of rotatable bonds is 5. The van der Waals surface area contributed by atoms with E-state index in [9.17, 15) is 9.59 Å². The van der Waals surface area contributed by atoms with Crippen molar-refractivity contribution >= 4 is 39.3 Å². The van der Waals surface area contributed by atoms with Crippen LogP contribution in [0.2, 0.25) is 0 Å². The van der Waals surface area contributed by atoms with Crippen LogP contribution in [0, 0.1) is 6.92 Å². The minimum Gasteiger partial charge on any atom is -0.278 e. The predicted octanol–water partition coefficient (Wildman–Crippen LogP) is 8.41. The van der Waals surface area contributed by atoms with Gasteiger partial charge in [-0.3, -0.25) is 14.2 Å². The Morgan fingerprint density at radius 2 is 1.18 bits per heavy atom. The lowest BCUT2D eigenvalue weighted by molar-refractivity contribution is -0.115. The fourth-order valence-electron chi connectivity index (χ4n) is 5.83. The molecule has 212 valence electrons. The van der Waals surface area contributed by atoms with Gasteiger partial charge in [-0.2, -0.15) is 0 Å². The smallest absolute Gasteiger partial charge is 0.266 e. The number of amides is 2. The molecule has 0 aliphatic rings. The van der Waals surface area contributed by atoms with Gasteiger partial charge in [0.25, 0.3) is 5.91 Å². The number of imide groups is 1. The highest BCUT2D eigenvalue weighted by atomic mass is 16.2. The van der Waals surface area contributed by atoms with Crippen LogP contribution in [0.5, 0.6) is 0 Å². The van der Waals surface area contributed by atoms with Crippen LogP contribution in [-0.4, -0.2) is 26.3 Å². The molecule has 2 heterocycles. The van der Waals surface area contributed by atoms with Gasteiger partial charge >= 0.3 is 0 Å². The van der Waals surface area contributed by atoms with E-state index in [1.807, 2.05) is 133 Å². The Morgan fingerprint density at radius 3 is 1.77 bits per heavy atom. The van der Waals surface area contributed by atoms with Gasteiger partial charge in [-0.25, -0.2) is 14.9 Å². The number of carbonyl (C=O) groups is 2. The second kappa shape index (κ2) is 11.1. The predicted molar refractivity (Wildman–Crippen MR) is 176 cm³/mol. The number of benzene rings is 5. The summed E-state index contributed by atoms with van der Waals surface area (Å²) in [7, 11) is 0. The van der Waals surface area contributed by atoms with Gasteiger partial charge < -0.3 is 0 Å². The lowest BCUT2D eigenvalue weighted by Gasteiger charge is -2.21. The monoisotopic (exact) mass is 572 g/mol. The molecule has 6 nitrogen and oxygen atoms in total. The van der Waals surface area contributed by atoms with E-state index in [2.05, 4.69) is 0 Å². The molecular formula is C38H28N4O2. The van der Waals surface area contributed by atoms with Crippen molar-refractivity contribution in [2.75, 3.05) is 4.90 Å². The largest absolute Gasteiger partial charge is 0.278 e. The first-order valence-electron chi connectivity index (χ1n) is 14.4. The van der Waals surface area contributed by atoms with Crippen LogP contribution in [0.25, 0.3) is 50.3 Å². The topological polar surface area (TPSA) is 68.1 Å². The van der Waals surface area contributed by atoms with Crippen LogP contribution < -0.4 is 4.90 Å². The summed E-state index contributed by atoms with van der Waals surface area (Å²) >= 11 is 0. The molecule has 6 heteroatoms. The standard InChI is InChI=1S/C38H28N4O2/c1-25-22-23-34-36(35(25)37(44)41(26(2)43)29-18-10-5-11-19-29)30-20-12-13-21-33(30)42(34)38-39-31(27-14-6-3-7-15-27)24-32(40-38)28-16-8-4-9-17-28/h3-24H,1-2H3. The molecule has 0 spiro atoms. The molecule has 7 rings (SSSR count). The van der Waals surface area contributed by atoms with E-state index in [0.717, 1.165) is 49.9 Å². The van der Waals surface area contributed by atoms with Gasteiger partial charge in [-0.1, -0.05) is 103 Å². The van der Waals surface area contributed by atoms with Crippen molar-refractivity contribution in [2.45, 2.75) is 13.8 Å². The van der Waals surface area contributed by atoms with Gasteiger partial charge in [0.2, 0.25) is 11.9 Å². The van der Waals surface area contributed by atoms with Gasteiger partial charge in [0.05, 0.1) is 33.7 Å². The number of carbonyl (C=O) groups excluding carboxylic acids is 2. The highest BCUT2D eigenvalue weighted by molar-refractivity contribution is 6.28. The second-order valence-corrected chi connectivity index (χ2v) is 10.7. The molecule has 0 unspecified atom stereocenters. The van der Waals surface area contributed by atoms with Crippen molar-refractivity contribution in [3.8, 4) is 28.5 Å². The molecule has 7 aromatic rings. The highest BCUT2D eigenvalue weighted by Crippen LogP contribution is 2.37. The van der Waals surface area contributed by atoms with Crippen molar-refractivity contribution in [1.29, 1.82) is 0 Å².